The summed E-state index contributed by atoms with van der Waals surface area (Å²) < 4.78 is 14.7. The number of carbonyl (C=O) groups is 1. The largest absolute Gasteiger partial charge is 0.296 e. The van der Waals surface area contributed by atoms with Gasteiger partial charge in [-0.25, -0.2) is 9.37 Å². The topological polar surface area (TPSA) is 34.4 Å². The van der Waals surface area contributed by atoms with E-state index in [1.54, 1.807) is 23.5 Å². The number of thiazole rings is 1. The maximum absolute atomic E-state index is 12.9. The van der Waals surface area contributed by atoms with Crippen LogP contribution in [0.1, 0.15) is 16.2 Å². The average Bonchev–Trinajstić information content (AvgIpc) is 2.88. The normalized spacial score (nSPS) is 11.0. The number of aryl methyl sites for hydroxylation is 1. The summed E-state index contributed by atoms with van der Waals surface area (Å²) in [6.45, 7) is 1.80. The van der Waals surface area contributed by atoms with Gasteiger partial charge in [0.05, 0.1) is 11.4 Å². The number of hydrogen-bond acceptors (Lipinski definition) is 3. The molecule has 2 heterocycles. The molecule has 3 rings (SSSR count). The van der Waals surface area contributed by atoms with Crippen LogP contribution in [0.15, 0.2) is 29.6 Å². The number of benzene rings is 1. The lowest BCUT2D eigenvalue weighted by Crippen LogP contribution is -1.93. The third-order valence-electron chi connectivity index (χ3n) is 2.83. The zero-order valence-corrected chi connectivity index (χ0v) is 10.4. The molecule has 18 heavy (non-hydrogen) atoms. The SMILES string of the molecule is Cc1nc2scc(-c3ccc(F)cc3)n2c1C=O. The van der Waals surface area contributed by atoms with Gasteiger partial charge in [0.2, 0.25) is 0 Å². The summed E-state index contributed by atoms with van der Waals surface area (Å²) in [5.74, 6) is -0.275. The molecule has 0 unspecified atom stereocenters. The van der Waals surface area contributed by atoms with Crippen LogP contribution in [0.4, 0.5) is 4.39 Å². The van der Waals surface area contributed by atoms with Crippen LogP contribution < -0.4 is 0 Å². The first-order chi connectivity index (χ1) is 8.70. The van der Waals surface area contributed by atoms with Crippen LogP contribution in [0.25, 0.3) is 16.2 Å². The van der Waals surface area contributed by atoms with Gasteiger partial charge in [-0.05, 0) is 36.8 Å². The molecule has 0 saturated heterocycles. The fourth-order valence-corrected chi connectivity index (χ4v) is 2.89. The molecule has 0 aliphatic carbocycles. The third-order valence-corrected chi connectivity index (χ3v) is 3.66. The van der Waals surface area contributed by atoms with Gasteiger partial charge in [-0.3, -0.25) is 9.20 Å². The van der Waals surface area contributed by atoms with Crippen molar-refractivity contribution < 1.29 is 9.18 Å². The number of carbonyl (C=O) groups excluding carboxylic acids is 1. The summed E-state index contributed by atoms with van der Waals surface area (Å²) in [7, 11) is 0. The second-order valence-corrected chi connectivity index (χ2v) is 4.78. The second-order valence-electron chi connectivity index (χ2n) is 3.95. The first kappa shape index (κ1) is 11.1. The highest BCUT2D eigenvalue weighted by Gasteiger charge is 2.14. The molecule has 0 aliphatic heterocycles. The fraction of sp³-hybridized carbons (Fsp3) is 0.0769. The van der Waals surface area contributed by atoms with Crippen LogP contribution >= 0.6 is 11.3 Å². The predicted octanol–water partition coefficient (Wildman–Crippen LogP) is 3.32. The van der Waals surface area contributed by atoms with Gasteiger partial charge < -0.3 is 0 Å². The zero-order chi connectivity index (χ0) is 12.7. The summed E-state index contributed by atoms with van der Waals surface area (Å²) in [6.07, 6.45) is 0.801. The smallest absolute Gasteiger partial charge is 0.194 e. The lowest BCUT2D eigenvalue weighted by Gasteiger charge is -2.01. The highest BCUT2D eigenvalue weighted by molar-refractivity contribution is 7.15. The summed E-state index contributed by atoms with van der Waals surface area (Å²) in [6, 6.07) is 6.20. The molecule has 0 radical (unpaired) electrons. The van der Waals surface area contributed by atoms with E-state index in [1.165, 1.54) is 23.5 Å². The Labute approximate surface area is 107 Å². The van der Waals surface area contributed by atoms with E-state index in [2.05, 4.69) is 4.98 Å². The van der Waals surface area contributed by atoms with Crippen LogP contribution in [-0.2, 0) is 0 Å². The standard InChI is InChI=1S/C13H9FN2OS/c1-8-11(6-17)16-12(7-18-13(16)15-8)9-2-4-10(14)5-3-9/h2-7H,1H3. The van der Waals surface area contributed by atoms with Crippen LogP contribution in [0.3, 0.4) is 0 Å². The average molecular weight is 260 g/mol. The summed E-state index contributed by atoms with van der Waals surface area (Å²) in [5, 5.41) is 1.92. The molecule has 3 aromatic rings. The molecular weight excluding hydrogens is 251 g/mol. The van der Waals surface area contributed by atoms with Gasteiger partial charge in [0, 0.05) is 5.38 Å². The van der Waals surface area contributed by atoms with Crippen molar-refractivity contribution in [3.63, 3.8) is 0 Å². The Morgan fingerprint density at radius 2 is 2.06 bits per heavy atom. The Morgan fingerprint density at radius 1 is 1.33 bits per heavy atom. The minimum absolute atomic E-state index is 0.275. The molecule has 90 valence electrons. The van der Waals surface area contributed by atoms with E-state index in [0.29, 0.717) is 11.4 Å². The Hall–Kier alpha value is -2.01. The minimum Gasteiger partial charge on any atom is -0.296 e. The first-order valence-corrected chi connectivity index (χ1v) is 6.26. The van der Waals surface area contributed by atoms with Crippen molar-refractivity contribution in [1.82, 2.24) is 9.38 Å². The van der Waals surface area contributed by atoms with Crippen molar-refractivity contribution in [3.05, 3.63) is 46.9 Å². The third kappa shape index (κ3) is 1.55. The number of halogens is 1. The van der Waals surface area contributed by atoms with E-state index in [9.17, 15) is 9.18 Å². The highest BCUT2D eigenvalue weighted by atomic mass is 32.1. The van der Waals surface area contributed by atoms with Crippen LogP contribution in [0.5, 0.6) is 0 Å². The molecule has 0 fully saturated rings. The fourth-order valence-electron chi connectivity index (χ4n) is 1.94. The quantitative estimate of drug-likeness (QED) is 0.662. The Bertz CT molecular complexity index is 727. The number of hydrogen-bond donors (Lipinski definition) is 0. The van der Waals surface area contributed by atoms with E-state index in [0.717, 1.165) is 22.5 Å². The van der Waals surface area contributed by atoms with Gasteiger partial charge in [0.15, 0.2) is 11.2 Å². The molecule has 0 aliphatic rings. The van der Waals surface area contributed by atoms with Gasteiger partial charge in [-0.1, -0.05) is 0 Å². The maximum Gasteiger partial charge on any atom is 0.194 e. The number of rotatable bonds is 2. The molecule has 0 atom stereocenters. The van der Waals surface area contributed by atoms with Gasteiger partial charge in [-0.2, -0.15) is 0 Å². The van der Waals surface area contributed by atoms with E-state index in [1.807, 2.05) is 5.38 Å². The van der Waals surface area contributed by atoms with E-state index < -0.39 is 0 Å². The molecule has 2 aromatic heterocycles. The number of imidazole rings is 1. The molecule has 5 heteroatoms. The minimum atomic E-state index is -0.275. The van der Waals surface area contributed by atoms with Crippen molar-refractivity contribution in [2.75, 3.05) is 0 Å². The number of fused-ring (bicyclic) bond motifs is 1. The molecule has 1 aromatic carbocycles. The Kier molecular flexibility index (Phi) is 2.48. The highest BCUT2D eigenvalue weighted by Crippen LogP contribution is 2.28. The summed E-state index contributed by atoms with van der Waals surface area (Å²) in [5.41, 5.74) is 2.98. The Balaban J connectivity index is 2.29. The monoisotopic (exact) mass is 260 g/mol. The van der Waals surface area contributed by atoms with Gasteiger partial charge in [0.25, 0.3) is 0 Å². The predicted molar refractivity (Wildman–Crippen MR) is 68.6 cm³/mol. The molecular formula is C13H9FN2OS. The van der Waals surface area contributed by atoms with E-state index in [-0.39, 0.29) is 5.82 Å². The van der Waals surface area contributed by atoms with Crippen molar-refractivity contribution in [1.29, 1.82) is 0 Å². The van der Waals surface area contributed by atoms with E-state index >= 15 is 0 Å². The van der Waals surface area contributed by atoms with Gasteiger partial charge in [-0.15, -0.1) is 11.3 Å². The van der Waals surface area contributed by atoms with Crippen LogP contribution in [0.2, 0.25) is 0 Å². The van der Waals surface area contributed by atoms with Crippen LogP contribution in [-0.4, -0.2) is 15.7 Å². The number of aromatic nitrogens is 2. The number of aldehydes is 1. The van der Waals surface area contributed by atoms with Crippen molar-refractivity contribution in [3.8, 4) is 11.3 Å². The van der Waals surface area contributed by atoms with Crippen LogP contribution in [0, 0.1) is 12.7 Å². The molecule has 0 saturated carbocycles. The lowest BCUT2D eigenvalue weighted by atomic mass is 10.2. The summed E-state index contributed by atoms with van der Waals surface area (Å²) in [4.78, 5) is 16.2. The number of nitrogens with zero attached hydrogens (tertiary/aromatic N) is 2. The molecule has 0 spiro atoms. The van der Waals surface area contributed by atoms with E-state index in [4.69, 9.17) is 0 Å². The van der Waals surface area contributed by atoms with Gasteiger partial charge >= 0.3 is 0 Å². The molecule has 0 N–H and O–H groups in total. The second kappa shape index (κ2) is 4.03. The van der Waals surface area contributed by atoms with Crippen molar-refractivity contribution in [2.45, 2.75) is 6.92 Å². The molecule has 3 nitrogen and oxygen atoms in total. The van der Waals surface area contributed by atoms with Gasteiger partial charge in [0.1, 0.15) is 11.5 Å². The Morgan fingerprint density at radius 3 is 2.72 bits per heavy atom. The zero-order valence-electron chi connectivity index (χ0n) is 9.55. The molecule has 0 bridgehead atoms. The molecule has 0 amide bonds. The summed E-state index contributed by atoms with van der Waals surface area (Å²) >= 11 is 1.46. The lowest BCUT2D eigenvalue weighted by molar-refractivity contribution is 0.111. The maximum atomic E-state index is 12.9. The first-order valence-electron chi connectivity index (χ1n) is 5.38. The van der Waals surface area contributed by atoms with Crippen molar-refractivity contribution >= 4 is 22.6 Å². The van der Waals surface area contributed by atoms with Crippen molar-refractivity contribution in [2.24, 2.45) is 0 Å².